The summed E-state index contributed by atoms with van der Waals surface area (Å²) in [6.45, 7) is 8.96. The van der Waals surface area contributed by atoms with Gasteiger partial charge in [0.2, 0.25) is 5.91 Å². The van der Waals surface area contributed by atoms with E-state index in [1.54, 1.807) is 44.5 Å². The van der Waals surface area contributed by atoms with E-state index in [-0.39, 0.29) is 37.1 Å². The third kappa shape index (κ3) is 5.48. The molecule has 2 aliphatic rings. The van der Waals surface area contributed by atoms with E-state index >= 15 is 0 Å². The third-order valence-electron chi connectivity index (χ3n) is 6.74. The van der Waals surface area contributed by atoms with Crippen LogP contribution in [0.4, 0.5) is 4.79 Å². The predicted octanol–water partition coefficient (Wildman–Crippen LogP) is 2.93. The van der Waals surface area contributed by atoms with Crippen LogP contribution in [0, 0.1) is 12.3 Å². The van der Waals surface area contributed by atoms with Gasteiger partial charge in [-0.3, -0.25) is 9.59 Å². The zero-order valence-corrected chi connectivity index (χ0v) is 22.9. The van der Waals surface area contributed by atoms with Crippen LogP contribution in [0.5, 0.6) is 0 Å². The second-order valence-electron chi connectivity index (χ2n) is 10.5. The molecule has 12 heteroatoms. The number of aliphatic imine (C=N–C) groups is 1. The lowest BCUT2D eigenvalue weighted by molar-refractivity contribution is -0.136. The highest BCUT2D eigenvalue weighted by Gasteiger charge is 2.48. The number of carbonyl (C=O) groups is 3. The molecule has 0 saturated carbocycles. The van der Waals surface area contributed by atoms with E-state index in [0.29, 0.717) is 5.56 Å². The zero-order chi connectivity index (χ0) is 26.4. The highest BCUT2D eigenvalue weighted by atomic mass is 35.5. The molecule has 1 fully saturated rings. The molecule has 4 atom stereocenters. The number of aromatic nitrogens is 1. The Morgan fingerprint density at radius 3 is 2.46 bits per heavy atom. The van der Waals surface area contributed by atoms with E-state index in [9.17, 15) is 24.6 Å². The number of aliphatic hydroxyl groups is 1. The molecule has 4 N–H and O–H groups in total. The molecule has 2 aromatic rings. The number of aryl methyl sites for hydroxylation is 1. The molecule has 2 unspecified atom stereocenters. The fraction of sp³-hybridized carbons (Fsp3) is 0.480. The van der Waals surface area contributed by atoms with Gasteiger partial charge in [-0.15, -0.1) is 23.7 Å². The number of benzene rings is 1. The van der Waals surface area contributed by atoms with Crippen molar-refractivity contribution in [1.82, 2.24) is 20.5 Å². The lowest BCUT2D eigenvalue weighted by Gasteiger charge is -2.34. The molecule has 1 aromatic carbocycles. The Bertz CT molecular complexity index is 1220. The Kier molecular flexibility index (Phi) is 8.02. The standard InChI is InChI=1S/C25H31N5O5S.ClH/c1-13-18(36-12-26-13)14-6-8-15(9-7-14)25(5)22(33)28-20(29-25)17-10-16(31)11-30(17)21(32)19(24(2,3)4)27-23(34)35;/h6-9,12,16-17,19,27,31H,10-11H2,1-5H3,(H,34,35)(H,28,29,33);1H/t16-,17?,19?,25+;/m1./s1. The Hall–Kier alpha value is -3.02. The Morgan fingerprint density at radius 1 is 1.27 bits per heavy atom. The van der Waals surface area contributed by atoms with Gasteiger partial charge in [0.05, 0.1) is 28.2 Å². The number of rotatable bonds is 5. The van der Waals surface area contributed by atoms with Crippen molar-refractivity contribution in [3.63, 3.8) is 0 Å². The van der Waals surface area contributed by atoms with Crippen LogP contribution in [0.1, 0.15) is 45.4 Å². The minimum Gasteiger partial charge on any atom is -0.465 e. The first-order valence-electron chi connectivity index (χ1n) is 11.7. The molecule has 0 aliphatic carbocycles. The molecule has 1 saturated heterocycles. The molecule has 2 aliphatic heterocycles. The van der Waals surface area contributed by atoms with E-state index < -0.39 is 41.1 Å². The molecular weight excluding hydrogens is 518 g/mol. The Balaban J connectivity index is 0.00000380. The number of β-amino-alcohol motifs (C(OH)–C–C–N with tert-alkyl or cyclic N) is 1. The van der Waals surface area contributed by atoms with Gasteiger partial charge >= 0.3 is 6.09 Å². The molecular formula is C25H32ClN5O5S. The minimum absolute atomic E-state index is 0. The first-order chi connectivity index (χ1) is 16.8. The summed E-state index contributed by atoms with van der Waals surface area (Å²) < 4.78 is 0. The highest BCUT2D eigenvalue weighted by Crippen LogP contribution is 2.35. The van der Waals surface area contributed by atoms with E-state index in [2.05, 4.69) is 15.6 Å². The van der Waals surface area contributed by atoms with Crippen molar-refractivity contribution in [2.75, 3.05) is 6.54 Å². The number of carbonyl (C=O) groups excluding carboxylic acids is 2. The fourth-order valence-corrected chi connectivity index (χ4v) is 5.50. The summed E-state index contributed by atoms with van der Waals surface area (Å²) in [5.74, 6) is -0.511. The van der Waals surface area contributed by atoms with Gasteiger partial charge in [-0.2, -0.15) is 0 Å². The number of nitrogens with zero attached hydrogens (tertiary/aromatic N) is 3. The van der Waals surface area contributed by atoms with Crippen LogP contribution in [0.15, 0.2) is 34.8 Å². The van der Waals surface area contributed by atoms with E-state index in [1.165, 1.54) is 4.90 Å². The van der Waals surface area contributed by atoms with Gasteiger partial charge in [0.15, 0.2) is 5.54 Å². The molecule has 10 nitrogen and oxygen atoms in total. The van der Waals surface area contributed by atoms with Gasteiger partial charge in [0.1, 0.15) is 11.9 Å². The lowest BCUT2D eigenvalue weighted by atomic mass is 9.85. The number of aliphatic hydroxyl groups excluding tert-OH is 1. The van der Waals surface area contributed by atoms with Crippen LogP contribution in [0.3, 0.4) is 0 Å². The van der Waals surface area contributed by atoms with Gasteiger partial charge in [0, 0.05) is 13.0 Å². The number of thiazole rings is 1. The van der Waals surface area contributed by atoms with Crippen molar-refractivity contribution >= 4 is 47.5 Å². The van der Waals surface area contributed by atoms with E-state index in [1.807, 2.05) is 31.2 Å². The topological polar surface area (TPSA) is 144 Å². The van der Waals surface area contributed by atoms with Gasteiger partial charge in [-0.1, -0.05) is 45.0 Å². The van der Waals surface area contributed by atoms with E-state index in [0.717, 1.165) is 16.1 Å². The van der Waals surface area contributed by atoms with Crippen LogP contribution in [0.2, 0.25) is 0 Å². The second-order valence-corrected chi connectivity index (χ2v) is 11.4. The molecule has 3 heterocycles. The maximum absolute atomic E-state index is 13.4. The summed E-state index contributed by atoms with van der Waals surface area (Å²) in [5.41, 5.74) is 2.51. The maximum atomic E-state index is 13.4. The predicted molar refractivity (Wildman–Crippen MR) is 143 cm³/mol. The minimum atomic E-state index is -1.31. The number of amidine groups is 1. The van der Waals surface area contributed by atoms with Gasteiger partial charge in [-0.05, 0) is 30.4 Å². The number of amides is 3. The Labute approximate surface area is 225 Å². The fourth-order valence-electron chi connectivity index (χ4n) is 4.69. The number of halogens is 1. The molecule has 1 aromatic heterocycles. The lowest BCUT2D eigenvalue weighted by Crippen LogP contribution is -2.57. The quantitative estimate of drug-likeness (QED) is 0.451. The number of nitrogens with one attached hydrogen (secondary N) is 2. The summed E-state index contributed by atoms with van der Waals surface area (Å²) in [4.78, 5) is 49.4. The van der Waals surface area contributed by atoms with Crippen molar-refractivity contribution in [1.29, 1.82) is 0 Å². The SMILES string of the molecule is Cc1ncsc1-c1ccc([C@]2(C)N=C(C3C[C@@H](O)CN3C(=O)C(NC(=O)O)C(C)(C)C)NC2=O)cc1.Cl. The number of hydrogen-bond acceptors (Lipinski definition) is 7. The van der Waals surface area contributed by atoms with Crippen molar-refractivity contribution in [2.24, 2.45) is 10.4 Å². The van der Waals surface area contributed by atoms with Crippen molar-refractivity contribution in [3.05, 3.63) is 41.0 Å². The summed E-state index contributed by atoms with van der Waals surface area (Å²) in [6, 6.07) is 5.87. The van der Waals surface area contributed by atoms with Crippen LogP contribution in [-0.4, -0.2) is 68.6 Å². The first-order valence-corrected chi connectivity index (χ1v) is 12.6. The summed E-state index contributed by atoms with van der Waals surface area (Å²) >= 11 is 1.55. The average Bonchev–Trinajstić information content (AvgIpc) is 3.48. The number of carboxylic acid groups (broad SMARTS) is 1. The van der Waals surface area contributed by atoms with Crippen molar-refractivity contribution < 1.29 is 24.6 Å². The third-order valence-corrected chi connectivity index (χ3v) is 7.72. The smallest absolute Gasteiger partial charge is 0.405 e. The van der Waals surface area contributed by atoms with Crippen LogP contribution in [-0.2, 0) is 15.1 Å². The van der Waals surface area contributed by atoms with Gasteiger partial charge in [0.25, 0.3) is 5.91 Å². The van der Waals surface area contributed by atoms with Crippen molar-refractivity contribution in [3.8, 4) is 10.4 Å². The molecule has 200 valence electrons. The van der Waals surface area contributed by atoms with Crippen LogP contribution < -0.4 is 10.6 Å². The summed E-state index contributed by atoms with van der Waals surface area (Å²) in [7, 11) is 0. The molecule has 0 spiro atoms. The first kappa shape index (κ1) is 28.5. The zero-order valence-electron chi connectivity index (χ0n) is 21.3. The second kappa shape index (κ2) is 10.4. The summed E-state index contributed by atoms with van der Waals surface area (Å²) in [6.07, 6.45) is -1.94. The molecule has 37 heavy (non-hydrogen) atoms. The maximum Gasteiger partial charge on any atom is 0.405 e. The van der Waals surface area contributed by atoms with E-state index in [4.69, 9.17) is 4.99 Å². The van der Waals surface area contributed by atoms with Crippen molar-refractivity contribution in [2.45, 2.75) is 64.8 Å². The summed E-state index contributed by atoms with van der Waals surface area (Å²) in [5, 5.41) is 24.8. The monoisotopic (exact) mass is 549 g/mol. The number of hydrogen-bond donors (Lipinski definition) is 4. The molecule has 4 rings (SSSR count). The molecule has 3 amide bonds. The largest absolute Gasteiger partial charge is 0.465 e. The Morgan fingerprint density at radius 2 is 1.92 bits per heavy atom. The average molecular weight is 550 g/mol. The van der Waals surface area contributed by atoms with Crippen LogP contribution in [0.25, 0.3) is 10.4 Å². The van der Waals surface area contributed by atoms with Gasteiger partial charge in [-0.25, -0.2) is 14.8 Å². The molecule has 0 bridgehead atoms. The molecule has 0 radical (unpaired) electrons. The highest BCUT2D eigenvalue weighted by molar-refractivity contribution is 7.13. The van der Waals surface area contributed by atoms with Gasteiger partial charge < -0.3 is 25.7 Å². The normalized spacial score (nSPS) is 24.2. The van der Waals surface area contributed by atoms with Crippen LogP contribution >= 0.6 is 23.7 Å². The number of likely N-dealkylation sites (tertiary alicyclic amines) is 1.